The van der Waals surface area contributed by atoms with Gasteiger partial charge in [0.1, 0.15) is 0 Å². The Hall–Kier alpha value is -2.86. The average molecular weight is 401 g/mol. The summed E-state index contributed by atoms with van der Waals surface area (Å²) in [7, 11) is 0. The fraction of sp³-hybridized carbons (Fsp3) is 0.286. The summed E-state index contributed by atoms with van der Waals surface area (Å²) < 4.78 is 5.10. The zero-order valence-corrected chi connectivity index (χ0v) is 16.0. The van der Waals surface area contributed by atoms with Gasteiger partial charge in [-0.05, 0) is 49.2 Å². The summed E-state index contributed by atoms with van der Waals surface area (Å²) in [6, 6.07) is 13.3. The van der Waals surface area contributed by atoms with Crippen molar-refractivity contribution in [3.8, 4) is 0 Å². The molecule has 2 aromatic carbocycles. The molecule has 1 fully saturated rings. The summed E-state index contributed by atoms with van der Waals surface area (Å²) in [5, 5.41) is 5.95. The van der Waals surface area contributed by atoms with E-state index in [0.717, 1.165) is 25.7 Å². The molecule has 2 amide bonds. The largest absolute Gasteiger partial charge is 0.455 e. The van der Waals surface area contributed by atoms with Gasteiger partial charge in [-0.25, -0.2) is 0 Å². The molecule has 0 unspecified atom stereocenters. The quantitative estimate of drug-likeness (QED) is 0.709. The van der Waals surface area contributed by atoms with E-state index in [9.17, 15) is 14.4 Å². The van der Waals surface area contributed by atoms with E-state index in [-0.39, 0.29) is 24.4 Å². The van der Waals surface area contributed by atoms with Crippen LogP contribution >= 0.6 is 11.6 Å². The van der Waals surface area contributed by atoms with Gasteiger partial charge < -0.3 is 15.4 Å². The van der Waals surface area contributed by atoms with Crippen LogP contribution in [0.15, 0.2) is 48.5 Å². The summed E-state index contributed by atoms with van der Waals surface area (Å²) in [5.41, 5.74) is 1.23. The maximum Gasteiger partial charge on any atom is 0.309 e. The molecule has 0 atom stereocenters. The van der Waals surface area contributed by atoms with E-state index in [2.05, 4.69) is 10.6 Å². The van der Waals surface area contributed by atoms with Crippen LogP contribution in [0.5, 0.6) is 0 Å². The highest BCUT2D eigenvalue weighted by molar-refractivity contribution is 6.30. The first-order valence-corrected chi connectivity index (χ1v) is 9.53. The molecule has 1 aliphatic carbocycles. The van der Waals surface area contributed by atoms with Gasteiger partial charge in [-0.2, -0.15) is 0 Å². The van der Waals surface area contributed by atoms with Gasteiger partial charge in [0.25, 0.3) is 11.8 Å². The molecular formula is C21H21ClN2O4. The van der Waals surface area contributed by atoms with Gasteiger partial charge in [-0.15, -0.1) is 0 Å². The molecule has 0 spiro atoms. The topological polar surface area (TPSA) is 84.5 Å². The Kier molecular flexibility index (Phi) is 6.66. The fourth-order valence-corrected chi connectivity index (χ4v) is 3.25. The predicted octanol–water partition coefficient (Wildman–Crippen LogP) is 4.26. The Morgan fingerprint density at radius 2 is 1.64 bits per heavy atom. The maximum absolute atomic E-state index is 12.6. The smallest absolute Gasteiger partial charge is 0.309 e. The van der Waals surface area contributed by atoms with Gasteiger partial charge in [0, 0.05) is 10.7 Å². The number of halogens is 1. The highest BCUT2D eigenvalue weighted by Crippen LogP contribution is 2.25. The van der Waals surface area contributed by atoms with Crippen molar-refractivity contribution in [3.63, 3.8) is 0 Å². The number of ether oxygens (including phenoxy) is 1. The lowest BCUT2D eigenvalue weighted by molar-refractivity contribution is -0.151. The Balaban J connectivity index is 1.59. The molecular weight excluding hydrogens is 380 g/mol. The molecule has 1 saturated carbocycles. The summed E-state index contributed by atoms with van der Waals surface area (Å²) >= 11 is 5.85. The number of carbonyl (C=O) groups excluding carboxylic acids is 3. The maximum atomic E-state index is 12.6. The van der Waals surface area contributed by atoms with Crippen LogP contribution in [-0.4, -0.2) is 24.4 Å². The van der Waals surface area contributed by atoms with Gasteiger partial charge in [-0.3, -0.25) is 14.4 Å². The van der Waals surface area contributed by atoms with E-state index < -0.39 is 5.91 Å². The molecule has 7 heteroatoms. The van der Waals surface area contributed by atoms with Crippen molar-refractivity contribution in [1.82, 2.24) is 0 Å². The van der Waals surface area contributed by atoms with Gasteiger partial charge in [-0.1, -0.05) is 36.6 Å². The first kappa shape index (κ1) is 19.9. The SMILES string of the molecule is O=C(COC(=O)C1CCCC1)Nc1ccccc1C(=O)Nc1ccc(Cl)cc1. The minimum atomic E-state index is -0.488. The molecule has 2 N–H and O–H groups in total. The number of benzene rings is 2. The van der Waals surface area contributed by atoms with Crippen LogP contribution in [0.1, 0.15) is 36.0 Å². The summed E-state index contributed by atoms with van der Waals surface area (Å²) in [5.74, 6) is -1.30. The molecule has 0 radical (unpaired) electrons. The second-order valence-electron chi connectivity index (χ2n) is 6.64. The summed E-state index contributed by atoms with van der Waals surface area (Å²) in [4.78, 5) is 36.7. The van der Waals surface area contributed by atoms with Crippen molar-refractivity contribution in [2.24, 2.45) is 5.92 Å². The normalized spacial score (nSPS) is 13.8. The third-order valence-corrected chi connectivity index (χ3v) is 4.83. The second-order valence-corrected chi connectivity index (χ2v) is 7.08. The van der Waals surface area contributed by atoms with E-state index in [1.165, 1.54) is 0 Å². The van der Waals surface area contributed by atoms with Crippen LogP contribution in [0.2, 0.25) is 5.02 Å². The molecule has 2 aromatic rings. The van der Waals surface area contributed by atoms with Crippen molar-refractivity contribution < 1.29 is 19.1 Å². The Morgan fingerprint density at radius 1 is 0.964 bits per heavy atom. The molecule has 0 bridgehead atoms. The van der Waals surface area contributed by atoms with Crippen LogP contribution in [0.3, 0.4) is 0 Å². The Bertz CT molecular complexity index is 861. The van der Waals surface area contributed by atoms with Crippen LogP contribution in [0.4, 0.5) is 11.4 Å². The number of esters is 1. The average Bonchev–Trinajstić information content (AvgIpc) is 3.23. The molecule has 0 heterocycles. The molecule has 1 aliphatic rings. The number of rotatable bonds is 6. The van der Waals surface area contributed by atoms with E-state index >= 15 is 0 Å². The number of amides is 2. The first-order valence-electron chi connectivity index (χ1n) is 9.15. The molecule has 6 nitrogen and oxygen atoms in total. The van der Waals surface area contributed by atoms with E-state index in [4.69, 9.17) is 16.3 Å². The van der Waals surface area contributed by atoms with Gasteiger partial charge >= 0.3 is 5.97 Å². The zero-order chi connectivity index (χ0) is 19.9. The number of hydrogen-bond donors (Lipinski definition) is 2. The number of para-hydroxylation sites is 1. The van der Waals surface area contributed by atoms with E-state index in [0.29, 0.717) is 22.0 Å². The minimum absolute atomic E-state index is 0.106. The monoisotopic (exact) mass is 400 g/mol. The van der Waals surface area contributed by atoms with Gasteiger partial charge in [0.05, 0.1) is 17.2 Å². The fourth-order valence-electron chi connectivity index (χ4n) is 3.12. The van der Waals surface area contributed by atoms with Crippen molar-refractivity contribution in [3.05, 3.63) is 59.1 Å². The highest BCUT2D eigenvalue weighted by Gasteiger charge is 2.24. The number of nitrogens with one attached hydrogen (secondary N) is 2. The van der Waals surface area contributed by atoms with Crippen molar-refractivity contribution in [2.45, 2.75) is 25.7 Å². The van der Waals surface area contributed by atoms with Crippen LogP contribution < -0.4 is 10.6 Å². The second kappa shape index (κ2) is 9.37. The third kappa shape index (κ3) is 5.33. The van der Waals surface area contributed by atoms with Crippen LogP contribution in [0, 0.1) is 5.92 Å². The van der Waals surface area contributed by atoms with E-state index in [1.54, 1.807) is 48.5 Å². The molecule has 0 aliphatic heterocycles. The minimum Gasteiger partial charge on any atom is -0.455 e. The number of anilines is 2. The molecule has 3 rings (SSSR count). The lowest BCUT2D eigenvalue weighted by atomic mass is 10.1. The lowest BCUT2D eigenvalue weighted by Gasteiger charge is -2.13. The summed E-state index contributed by atoms with van der Waals surface area (Å²) in [6.45, 7) is -0.373. The van der Waals surface area contributed by atoms with Gasteiger partial charge in [0.15, 0.2) is 6.61 Å². The van der Waals surface area contributed by atoms with Crippen LogP contribution in [0.25, 0.3) is 0 Å². The van der Waals surface area contributed by atoms with Crippen LogP contribution in [-0.2, 0) is 14.3 Å². The summed E-state index contributed by atoms with van der Waals surface area (Å²) in [6.07, 6.45) is 3.66. The molecule has 0 aromatic heterocycles. The third-order valence-electron chi connectivity index (χ3n) is 4.58. The Morgan fingerprint density at radius 3 is 2.36 bits per heavy atom. The van der Waals surface area contributed by atoms with E-state index in [1.807, 2.05) is 0 Å². The molecule has 146 valence electrons. The van der Waals surface area contributed by atoms with Crippen molar-refractivity contribution in [2.75, 3.05) is 17.2 Å². The highest BCUT2D eigenvalue weighted by atomic mass is 35.5. The predicted molar refractivity (Wildman–Crippen MR) is 107 cm³/mol. The molecule has 28 heavy (non-hydrogen) atoms. The Labute approximate surface area is 168 Å². The first-order chi connectivity index (χ1) is 13.5. The zero-order valence-electron chi connectivity index (χ0n) is 15.2. The lowest BCUT2D eigenvalue weighted by Crippen LogP contribution is -2.25. The molecule has 0 saturated heterocycles. The number of carbonyl (C=O) groups is 3. The standard InChI is InChI=1S/C21H21ClN2O4/c22-15-9-11-16(12-10-15)23-20(26)17-7-3-4-8-18(17)24-19(25)13-28-21(27)14-5-1-2-6-14/h3-4,7-12,14H,1-2,5-6,13H2,(H,23,26)(H,24,25). The van der Waals surface area contributed by atoms with Gasteiger partial charge in [0.2, 0.25) is 0 Å². The van der Waals surface area contributed by atoms with Crippen molar-refractivity contribution >= 4 is 40.8 Å². The van der Waals surface area contributed by atoms with Crippen molar-refractivity contribution in [1.29, 1.82) is 0 Å². The number of hydrogen-bond acceptors (Lipinski definition) is 4.